The summed E-state index contributed by atoms with van der Waals surface area (Å²) in [7, 11) is 0. The molecule has 112 valence electrons. The number of aromatic nitrogens is 2. The Hall–Kier alpha value is -1.36. The maximum absolute atomic E-state index is 11.0. The van der Waals surface area contributed by atoms with Gasteiger partial charge in [0.15, 0.2) is 0 Å². The predicted octanol–water partition coefficient (Wildman–Crippen LogP) is 2.54. The molecule has 0 radical (unpaired) electrons. The molecule has 0 amide bonds. The zero-order valence-corrected chi connectivity index (χ0v) is 12.6. The number of hydrogen-bond donors (Lipinski definition) is 2. The zero-order chi connectivity index (χ0) is 14.8. The van der Waals surface area contributed by atoms with Gasteiger partial charge in [0.05, 0.1) is 12.1 Å². The number of carboxylic acid groups (broad SMARTS) is 1. The van der Waals surface area contributed by atoms with Crippen LogP contribution in [0.15, 0.2) is 6.07 Å². The molecule has 1 atom stereocenters. The number of likely N-dealkylation sites (tertiary alicyclic amines) is 1. The molecule has 0 saturated carbocycles. The average molecular weight is 279 g/mol. The molecule has 2 N–H and O–H groups in total. The number of carboxylic acids is 1. The van der Waals surface area contributed by atoms with Crippen molar-refractivity contribution in [1.29, 1.82) is 0 Å². The third-order valence-electron chi connectivity index (χ3n) is 3.93. The van der Waals surface area contributed by atoms with Gasteiger partial charge in [-0.2, -0.15) is 5.10 Å². The molecule has 0 bridgehead atoms. The van der Waals surface area contributed by atoms with E-state index in [-0.39, 0.29) is 17.9 Å². The third kappa shape index (κ3) is 3.82. The second-order valence-electron chi connectivity index (χ2n) is 6.75. The van der Waals surface area contributed by atoms with Gasteiger partial charge >= 0.3 is 5.97 Å². The first-order chi connectivity index (χ1) is 9.36. The van der Waals surface area contributed by atoms with E-state index in [1.54, 1.807) is 0 Å². The second-order valence-corrected chi connectivity index (χ2v) is 6.75. The van der Waals surface area contributed by atoms with Gasteiger partial charge < -0.3 is 5.11 Å². The minimum Gasteiger partial charge on any atom is -0.481 e. The number of H-pyrrole nitrogens is 1. The summed E-state index contributed by atoms with van der Waals surface area (Å²) in [5.74, 6) is -0.707. The molecule has 2 heterocycles. The summed E-state index contributed by atoms with van der Waals surface area (Å²) in [4.78, 5) is 13.2. The summed E-state index contributed by atoms with van der Waals surface area (Å²) in [6.45, 7) is 8.16. The molecule has 1 aliphatic rings. The molecule has 1 saturated heterocycles. The van der Waals surface area contributed by atoms with E-state index in [1.807, 2.05) is 0 Å². The summed E-state index contributed by atoms with van der Waals surface area (Å²) < 4.78 is 0. The fraction of sp³-hybridized carbons (Fsp3) is 0.733. The van der Waals surface area contributed by atoms with E-state index in [2.05, 4.69) is 41.9 Å². The Kier molecular flexibility index (Phi) is 4.48. The zero-order valence-electron chi connectivity index (χ0n) is 12.6. The van der Waals surface area contributed by atoms with E-state index in [4.69, 9.17) is 5.11 Å². The summed E-state index contributed by atoms with van der Waals surface area (Å²) in [6, 6.07) is 2.26. The van der Waals surface area contributed by atoms with Gasteiger partial charge in [0.1, 0.15) is 0 Å². The summed E-state index contributed by atoms with van der Waals surface area (Å²) in [6.07, 6.45) is 3.49. The fourth-order valence-electron chi connectivity index (χ4n) is 2.75. The van der Waals surface area contributed by atoms with Crippen LogP contribution < -0.4 is 0 Å². The first kappa shape index (κ1) is 15.0. The monoisotopic (exact) mass is 279 g/mol. The number of rotatable bonds is 4. The number of aromatic amines is 1. The largest absolute Gasteiger partial charge is 0.481 e. The molecule has 0 aromatic carbocycles. The first-order valence-corrected chi connectivity index (χ1v) is 7.37. The second kappa shape index (κ2) is 5.95. The predicted molar refractivity (Wildman–Crippen MR) is 77.6 cm³/mol. The van der Waals surface area contributed by atoms with Crippen LogP contribution in [0, 0.1) is 0 Å². The lowest BCUT2D eigenvalue weighted by molar-refractivity contribution is -0.138. The highest BCUT2D eigenvalue weighted by Crippen LogP contribution is 2.24. The standard InChI is InChI=1S/C15H25N3O2/c1-15(2,3)13-8-11(16-17-13)10-18-7-5-4-6-12(18)9-14(19)20/h8,12H,4-7,9-10H2,1-3H3,(H,16,17)(H,19,20)/t12-/m1/s1. The van der Waals surface area contributed by atoms with Crippen LogP contribution in [-0.4, -0.2) is 38.8 Å². The van der Waals surface area contributed by atoms with Crippen molar-refractivity contribution in [2.45, 2.75) is 64.5 Å². The van der Waals surface area contributed by atoms with Gasteiger partial charge in [-0.25, -0.2) is 0 Å². The van der Waals surface area contributed by atoms with Gasteiger partial charge in [0.2, 0.25) is 0 Å². The molecule has 1 aromatic rings. The summed E-state index contributed by atoms with van der Waals surface area (Å²) >= 11 is 0. The van der Waals surface area contributed by atoms with Crippen LogP contribution in [0.2, 0.25) is 0 Å². The molecular weight excluding hydrogens is 254 g/mol. The third-order valence-corrected chi connectivity index (χ3v) is 3.93. The Balaban J connectivity index is 2.03. The van der Waals surface area contributed by atoms with Gasteiger partial charge in [-0.3, -0.25) is 14.8 Å². The maximum Gasteiger partial charge on any atom is 0.304 e. The van der Waals surface area contributed by atoms with Crippen LogP contribution in [0.25, 0.3) is 0 Å². The van der Waals surface area contributed by atoms with E-state index in [0.717, 1.165) is 43.7 Å². The molecule has 5 heteroatoms. The molecule has 2 rings (SSSR count). The van der Waals surface area contributed by atoms with Crippen LogP contribution in [0.4, 0.5) is 0 Å². The minimum absolute atomic E-state index is 0.0388. The Morgan fingerprint density at radius 2 is 2.25 bits per heavy atom. The molecule has 0 unspecified atom stereocenters. The van der Waals surface area contributed by atoms with Crippen LogP contribution in [-0.2, 0) is 16.8 Å². The quantitative estimate of drug-likeness (QED) is 0.888. The first-order valence-electron chi connectivity index (χ1n) is 7.37. The van der Waals surface area contributed by atoms with E-state index in [0.29, 0.717) is 0 Å². The summed E-state index contributed by atoms with van der Waals surface area (Å²) in [5, 5.41) is 16.5. The van der Waals surface area contributed by atoms with Crippen molar-refractivity contribution in [1.82, 2.24) is 15.1 Å². The van der Waals surface area contributed by atoms with E-state index in [1.165, 1.54) is 0 Å². The summed E-state index contributed by atoms with van der Waals surface area (Å²) in [5.41, 5.74) is 2.17. The minimum atomic E-state index is -0.707. The van der Waals surface area contributed by atoms with Gasteiger partial charge in [-0.15, -0.1) is 0 Å². The molecular formula is C15H25N3O2. The van der Waals surface area contributed by atoms with Crippen LogP contribution in [0.5, 0.6) is 0 Å². The van der Waals surface area contributed by atoms with Crippen molar-refractivity contribution >= 4 is 5.97 Å². The SMILES string of the molecule is CC(C)(C)c1cc(CN2CCCC[C@@H]2CC(=O)O)[nH]n1. The Labute approximate surface area is 120 Å². The molecule has 1 fully saturated rings. The van der Waals surface area contributed by atoms with Crippen LogP contribution in [0.3, 0.4) is 0 Å². The van der Waals surface area contributed by atoms with Gasteiger partial charge in [0, 0.05) is 23.7 Å². The number of aliphatic carboxylic acids is 1. The Morgan fingerprint density at radius 3 is 2.85 bits per heavy atom. The molecule has 0 aliphatic carbocycles. The smallest absolute Gasteiger partial charge is 0.304 e. The van der Waals surface area contributed by atoms with E-state index >= 15 is 0 Å². The lowest BCUT2D eigenvalue weighted by Crippen LogP contribution is -2.40. The lowest BCUT2D eigenvalue weighted by Gasteiger charge is -2.34. The number of hydrogen-bond acceptors (Lipinski definition) is 3. The molecule has 20 heavy (non-hydrogen) atoms. The normalized spacial score (nSPS) is 21.1. The number of nitrogens with zero attached hydrogens (tertiary/aromatic N) is 2. The highest BCUT2D eigenvalue weighted by Gasteiger charge is 2.25. The van der Waals surface area contributed by atoms with Gasteiger partial charge in [-0.1, -0.05) is 27.2 Å². The van der Waals surface area contributed by atoms with Gasteiger partial charge in [0.25, 0.3) is 0 Å². The number of nitrogens with one attached hydrogen (secondary N) is 1. The van der Waals surface area contributed by atoms with E-state index in [9.17, 15) is 4.79 Å². The van der Waals surface area contributed by atoms with Crippen molar-refractivity contribution in [3.8, 4) is 0 Å². The van der Waals surface area contributed by atoms with Crippen LogP contribution in [0.1, 0.15) is 57.8 Å². The van der Waals surface area contributed by atoms with Crippen molar-refractivity contribution in [2.24, 2.45) is 0 Å². The molecule has 1 aromatic heterocycles. The fourth-order valence-corrected chi connectivity index (χ4v) is 2.75. The molecule has 1 aliphatic heterocycles. The number of carbonyl (C=O) groups is 1. The van der Waals surface area contributed by atoms with Crippen LogP contribution >= 0.6 is 0 Å². The maximum atomic E-state index is 11.0. The highest BCUT2D eigenvalue weighted by molar-refractivity contribution is 5.67. The number of piperidine rings is 1. The molecule has 5 nitrogen and oxygen atoms in total. The van der Waals surface area contributed by atoms with E-state index < -0.39 is 5.97 Å². The lowest BCUT2D eigenvalue weighted by atomic mass is 9.92. The highest BCUT2D eigenvalue weighted by atomic mass is 16.4. The Morgan fingerprint density at radius 1 is 1.50 bits per heavy atom. The van der Waals surface area contributed by atoms with Crippen molar-refractivity contribution < 1.29 is 9.90 Å². The average Bonchev–Trinajstić information content (AvgIpc) is 2.79. The van der Waals surface area contributed by atoms with Crippen molar-refractivity contribution in [3.05, 3.63) is 17.5 Å². The Bertz CT molecular complexity index is 462. The van der Waals surface area contributed by atoms with Gasteiger partial charge in [-0.05, 0) is 25.5 Å². The molecule has 0 spiro atoms. The van der Waals surface area contributed by atoms with Crippen molar-refractivity contribution in [2.75, 3.05) is 6.54 Å². The topological polar surface area (TPSA) is 69.2 Å². The van der Waals surface area contributed by atoms with Crippen molar-refractivity contribution in [3.63, 3.8) is 0 Å².